The number of hydrogen-bond acceptors (Lipinski definition) is 6. The Bertz CT molecular complexity index is 396. The van der Waals surface area contributed by atoms with Crippen LogP contribution in [0, 0.1) is 0 Å². The van der Waals surface area contributed by atoms with Gasteiger partial charge in [0.1, 0.15) is 0 Å². The second-order valence-corrected chi connectivity index (χ2v) is 14.9. The Kier molecular flexibility index (Phi) is 13.4. The first kappa shape index (κ1) is 29.2. The molecule has 0 radical (unpaired) electrons. The first-order valence-corrected chi connectivity index (χ1v) is 16.2. The second-order valence-electron chi connectivity index (χ2n) is 7.20. The molecule has 1 rings (SSSR count). The highest BCUT2D eigenvalue weighted by Crippen LogP contribution is 3.00. The van der Waals surface area contributed by atoms with Crippen molar-refractivity contribution in [3.05, 3.63) is 0 Å². The minimum absolute atomic E-state index is 0.656. The van der Waals surface area contributed by atoms with Crippen LogP contribution < -0.4 is 0 Å². The molecule has 0 unspecified atom stereocenters. The second kappa shape index (κ2) is 13.8. The summed E-state index contributed by atoms with van der Waals surface area (Å²) in [7, 11) is -3.79. The molecule has 180 valence electrons. The molecule has 0 N–H and O–H groups in total. The third-order valence-electron chi connectivity index (χ3n) is 6.25. The van der Waals surface area contributed by atoms with Gasteiger partial charge < -0.3 is 0 Å². The van der Waals surface area contributed by atoms with Gasteiger partial charge in [-0.2, -0.15) is 0 Å². The molecule has 1 aliphatic heterocycles. The number of hydrogen-bond donors (Lipinski definition) is 0. The van der Waals surface area contributed by atoms with Crippen LogP contribution in [-0.4, -0.2) is 105 Å². The van der Waals surface area contributed by atoms with Gasteiger partial charge in [-0.15, -0.1) is 41.9 Å². The van der Waals surface area contributed by atoms with Crippen molar-refractivity contribution in [2.75, 3.05) is 77.2 Å². The van der Waals surface area contributed by atoms with Crippen molar-refractivity contribution in [2.24, 2.45) is 0 Å². The van der Waals surface area contributed by atoms with E-state index in [0.717, 1.165) is 65.4 Å². The van der Waals surface area contributed by atoms with E-state index in [1.54, 1.807) is 0 Å². The summed E-state index contributed by atoms with van der Waals surface area (Å²) in [6.07, 6.45) is 0. The first-order chi connectivity index (χ1) is 14.5. The van der Waals surface area contributed by atoms with Crippen molar-refractivity contribution in [1.82, 2.24) is 27.6 Å². The summed E-state index contributed by atoms with van der Waals surface area (Å²) >= 11 is 13.1. The van der Waals surface area contributed by atoms with E-state index in [1.165, 1.54) is 0 Å². The van der Waals surface area contributed by atoms with Gasteiger partial charge in [0.25, 0.3) is 0 Å². The van der Waals surface area contributed by atoms with Crippen molar-refractivity contribution in [1.29, 1.82) is 0 Å². The number of halogens is 2. The lowest BCUT2D eigenvalue weighted by Crippen LogP contribution is -2.68. The van der Waals surface area contributed by atoms with Gasteiger partial charge in [0, 0.05) is 73.0 Å². The van der Waals surface area contributed by atoms with Crippen molar-refractivity contribution in [3.8, 4) is 0 Å². The molecule has 30 heavy (non-hydrogen) atoms. The SMILES string of the molecule is CCN(CC)[P+]1(N(CC)CC)N(CCCl)[P+](N(CC)CC)(N(CC)CC)N1CCCl. The molecule has 1 saturated heterocycles. The normalized spacial score (nSPS) is 19.4. The van der Waals surface area contributed by atoms with E-state index < -0.39 is 15.7 Å². The maximum Gasteiger partial charge on any atom is 0.385 e. The molecule has 0 aromatic heterocycles. The molecule has 0 bridgehead atoms. The van der Waals surface area contributed by atoms with E-state index in [-0.39, 0.29) is 0 Å². The predicted octanol–water partition coefficient (Wildman–Crippen LogP) is 5.80. The van der Waals surface area contributed by atoms with Crippen molar-refractivity contribution in [3.63, 3.8) is 0 Å². The average molecular weight is 506 g/mol. The Morgan fingerprint density at radius 3 is 0.800 bits per heavy atom. The van der Waals surface area contributed by atoms with Gasteiger partial charge in [-0.1, -0.05) is 0 Å². The summed E-state index contributed by atoms with van der Waals surface area (Å²) in [5, 5.41) is 0. The van der Waals surface area contributed by atoms with Crippen LogP contribution in [0.5, 0.6) is 0 Å². The predicted molar refractivity (Wildman–Crippen MR) is 140 cm³/mol. The molecular weight excluding hydrogens is 457 g/mol. The monoisotopic (exact) mass is 504 g/mol. The van der Waals surface area contributed by atoms with Gasteiger partial charge >= 0.3 is 15.7 Å². The topological polar surface area (TPSA) is 19.4 Å². The highest BCUT2D eigenvalue weighted by Gasteiger charge is 2.92. The Hall–Kier alpha value is 1.20. The van der Waals surface area contributed by atoms with Gasteiger partial charge in [-0.05, 0) is 55.4 Å². The van der Waals surface area contributed by atoms with E-state index in [1.807, 2.05) is 0 Å². The molecule has 6 nitrogen and oxygen atoms in total. The summed E-state index contributed by atoms with van der Waals surface area (Å²) in [5.41, 5.74) is 0. The zero-order valence-electron chi connectivity index (χ0n) is 20.8. The molecule has 10 heteroatoms. The van der Waals surface area contributed by atoms with E-state index in [2.05, 4.69) is 83.0 Å². The highest BCUT2D eigenvalue weighted by atomic mass is 35.5. The summed E-state index contributed by atoms with van der Waals surface area (Å²) in [5.74, 6) is 1.31. The van der Waals surface area contributed by atoms with Crippen LogP contribution in [0.3, 0.4) is 0 Å². The van der Waals surface area contributed by atoms with E-state index >= 15 is 0 Å². The lowest BCUT2D eigenvalue weighted by atomic mass is 10.7. The maximum absolute atomic E-state index is 6.53. The average Bonchev–Trinajstić information content (AvgIpc) is 2.77. The molecule has 0 aromatic carbocycles. The molecule has 0 amide bonds. The highest BCUT2D eigenvalue weighted by molar-refractivity contribution is 7.95. The van der Waals surface area contributed by atoms with Crippen LogP contribution in [0.4, 0.5) is 0 Å². The Morgan fingerprint density at radius 1 is 0.467 bits per heavy atom. The van der Waals surface area contributed by atoms with Gasteiger partial charge in [-0.3, -0.25) is 0 Å². The fourth-order valence-corrected chi connectivity index (χ4v) is 19.9. The third-order valence-corrected chi connectivity index (χ3v) is 18.0. The van der Waals surface area contributed by atoms with Crippen molar-refractivity contribution < 1.29 is 0 Å². The van der Waals surface area contributed by atoms with Crippen LogP contribution in [0.25, 0.3) is 0 Å². The first-order valence-electron chi connectivity index (χ1n) is 12.0. The molecule has 0 aromatic rings. The largest absolute Gasteiger partial charge is 0.385 e. The van der Waals surface area contributed by atoms with E-state index in [9.17, 15) is 0 Å². The third kappa shape index (κ3) is 4.58. The van der Waals surface area contributed by atoms with Crippen LogP contribution >= 0.6 is 38.9 Å². The van der Waals surface area contributed by atoms with Crippen molar-refractivity contribution >= 4 is 38.9 Å². The standard InChI is InChI=1S/C20H48Cl2N6P2/c1-9-23(10-2)29(24(11-3)12-4)27(19-17-21)30(25(13-5)14-6,26(15-7)16-8)28(29)20-18-22/h9-20H2,1-8H3/q+2. The molecule has 0 spiro atoms. The van der Waals surface area contributed by atoms with Crippen molar-refractivity contribution in [2.45, 2.75) is 55.4 Å². The smallest absolute Gasteiger partial charge is 0.128 e. The van der Waals surface area contributed by atoms with E-state index in [4.69, 9.17) is 23.2 Å². The molecule has 0 aliphatic carbocycles. The fraction of sp³-hybridized carbons (Fsp3) is 1.00. The summed E-state index contributed by atoms with van der Waals surface area (Å²) < 4.78 is 16.7. The zero-order chi connectivity index (χ0) is 22.9. The summed E-state index contributed by atoms with van der Waals surface area (Å²) in [6.45, 7) is 28.6. The molecular formula is C20H48Cl2N6P2+2. The quantitative estimate of drug-likeness (QED) is 0.194. The van der Waals surface area contributed by atoms with Gasteiger partial charge in [0.05, 0.1) is 13.1 Å². The minimum Gasteiger partial charge on any atom is -0.128 e. The van der Waals surface area contributed by atoms with Gasteiger partial charge in [0.15, 0.2) is 0 Å². The van der Waals surface area contributed by atoms with Crippen LogP contribution in [0.15, 0.2) is 0 Å². The zero-order valence-corrected chi connectivity index (χ0v) is 24.1. The van der Waals surface area contributed by atoms with Crippen LogP contribution in [0.1, 0.15) is 55.4 Å². The summed E-state index contributed by atoms with van der Waals surface area (Å²) in [6, 6.07) is 0. The fourth-order valence-electron chi connectivity index (χ4n) is 5.15. The molecule has 0 atom stereocenters. The number of alkyl halides is 2. The van der Waals surface area contributed by atoms with E-state index in [0.29, 0.717) is 11.8 Å². The molecule has 1 heterocycles. The van der Waals surface area contributed by atoms with Crippen LogP contribution in [-0.2, 0) is 0 Å². The van der Waals surface area contributed by atoms with Gasteiger partial charge in [-0.25, -0.2) is 0 Å². The number of nitrogens with zero attached hydrogens (tertiary/aromatic N) is 6. The maximum atomic E-state index is 6.53. The lowest BCUT2D eigenvalue weighted by Gasteiger charge is -2.63. The lowest BCUT2D eigenvalue weighted by molar-refractivity contribution is 0.238. The molecule has 0 saturated carbocycles. The Balaban J connectivity index is 3.92. The Morgan fingerprint density at radius 2 is 0.667 bits per heavy atom. The van der Waals surface area contributed by atoms with Gasteiger partial charge in [0.2, 0.25) is 0 Å². The minimum atomic E-state index is -1.89. The number of rotatable bonds is 16. The Labute approximate surface area is 198 Å². The summed E-state index contributed by atoms with van der Waals surface area (Å²) in [4.78, 5) is 0. The molecule has 1 fully saturated rings. The molecule has 1 aliphatic rings. The van der Waals surface area contributed by atoms with Crippen LogP contribution in [0.2, 0.25) is 0 Å².